The number of benzene rings is 1. The van der Waals surface area contributed by atoms with E-state index in [1.165, 1.54) is 11.6 Å². The fraction of sp³-hybridized carbons (Fsp3) is 0.389. The number of ether oxygens (including phenoxy) is 1. The van der Waals surface area contributed by atoms with Gasteiger partial charge >= 0.3 is 0 Å². The molecule has 0 amide bonds. The first-order valence-corrected chi connectivity index (χ1v) is 7.75. The van der Waals surface area contributed by atoms with Crippen molar-refractivity contribution in [3.05, 3.63) is 54.0 Å². The highest BCUT2D eigenvalue weighted by Crippen LogP contribution is 2.25. The first-order valence-electron chi connectivity index (χ1n) is 7.75. The van der Waals surface area contributed by atoms with Crippen LogP contribution >= 0.6 is 0 Å². The third-order valence-electron chi connectivity index (χ3n) is 4.30. The SMILES string of the molecule is COc1cccc(CC2CCN(c3cccc(F)n3)CC2)c1. The van der Waals surface area contributed by atoms with Crippen LogP contribution in [0.4, 0.5) is 10.2 Å². The standard InChI is InChI=1S/C18H21FN2O/c1-22-16-5-2-4-15(13-16)12-14-8-10-21(11-9-14)18-7-3-6-17(19)20-18/h2-7,13-14H,8-12H2,1H3. The topological polar surface area (TPSA) is 25.4 Å². The molecule has 1 aromatic carbocycles. The maximum absolute atomic E-state index is 13.2. The van der Waals surface area contributed by atoms with E-state index in [0.717, 1.165) is 43.9 Å². The zero-order valence-electron chi connectivity index (χ0n) is 12.8. The number of piperidine rings is 1. The van der Waals surface area contributed by atoms with E-state index in [4.69, 9.17) is 4.74 Å². The van der Waals surface area contributed by atoms with E-state index in [9.17, 15) is 4.39 Å². The van der Waals surface area contributed by atoms with Crippen molar-refractivity contribution in [2.75, 3.05) is 25.1 Å². The molecule has 3 nitrogen and oxygen atoms in total. The summed E-state index contributed by atoms with van der Waals surface area (Å²) in [5.41, 5.74) is 1.32. The van der Waals surface area contributed by atoms with Crippen molar-refractivity contribution in [2.24, 2.45) is 5.92 Å². The molecular formula is C18H21FN2O. The van der Waals surface area contributed by atoms with Gasteiger partial charge in [0.1, 0.15) is 11.6 Å². The van der Waals surface area contributed by atoms with Crippen LogP contribution in [0.25, 0.3) is 0 Å². The molecule has 0 saturated carbocycles. The summed E-state index contributed by atoms with van der Waals surface area (Å²) in [4.78, 5) is 6.14. The first kappa shape index (κ1) is 14.8. The summed E-state index contributed by atoms with van der Waals surface area (Å²) in [5, 5.41) is 0. The summed E-state index contributed by atoms with van der Waals surface area (Å²) in [5.74, 6) is 1.92. The molecule has 1 aliphatic rings. The third-order valence-corrected chi connectivity index (χ3v) is 4.30. The van der Waals surface area contributed by atoms with Crippen molar-refractivity contribution in [1.82, 2.24) is 4.98 Å². The molecule has 0 unspecified atom stereocenters. The summed E-state index contributed by atoms with van der Waals surface area (Å²) < 4.78 is 18.5. The monoisotopic (exact) mass is 300 g/mol. The maximum Gasteiger partial charge on any atom is 0.214 e. The van der Waals surface area contributed by atoms with Gasteiger partial charge in [-0.05, 0) is 55.0 Å². The van der Waals surface area contributed by atoms with E-state index >= 15 is 0 Å². The molecule has 4 heteroatoms. The van der Waals surface area contributed by atoms with Crippen LogP contribution in [0, 0.1) is 11.9 Å². The molecule has 116 valence electrons. The fourth-order valence-corrected chi connectivity index (χ4v) is 3.07. The Bertz CT molecular complexity index is 624. The Labute approximate surface area is 130 Å². The third kappa shape index (κ3) is 3.56. The number of anilines is 1. The number of nitrogens with zero attached hydrogens (tertiary/aromatic N) is 2. The summed E-state index contributed by atoms with van der Waals surface area (Å²) >= 11 is 0. The van der Waals surface area contributed by atoms with E-state index < -0.39 is 5.95 Å². The van der Waals surface area contributed by atoms with Crippen LogP contribution in [-0.2, 0) is 6.42 Å². The number of hydrogen-bond acceptors (Lipinski definition) is 3. The van der Waals surface area contributed by atoms with E-state index in [1.807, 2.05) is 18.2 Å². The Morgan fingerprint density at radius 3 is 2.68 bits per heavy atom. The minimum absolute atomic E-state index is 0.406. The van der Waals surface area contributed by atoms with Gasteiger partial charge in [-0.1, -0.05) is 18.2 Å². The molecule has 2 heterocycles. The number of methoxy groups -OCH3 is 1. The molecule has 1 aliphatic heterocycles. The number of rotatable bonds is 4. The van der Waals surface area contributed by atoms with Crippen molar-refractivity contribution in [3.63, 3.8) is 0 Å². The van der Waals surface area contributed by atoms with Gasteiger partial charge in [0.2, 0.25) is 5.95 Å². The number of aromatic nitrogens is 1. The fourth-order valence-electron chi connectivity index (χ4n) is 3.07. The highest BCUT2D eigenvalue weighted by molar-refractivity contribution is 5.38. The molecule has 0 N–H and O–H groups in total. The Hall–Kier alpha value is -2.10. The van der Waals surface area contributed by atoms with Crippen molar-refractivity contribution in [1.29, 1.82) is 0 Å². The van der Waals surface area contributed by atoms with Gasteiger partial charge in [0.05, 0.1) is 7.11 Å². The average molecular weight is 300 g/mol. The van der Waals surface area contributed by atoms with Gasteiger partial charge in [0.25, 0.3) is 0 Å². The molecule has 0 aliphatic carbocycles. The zero-order chi connectivity index (χ0) is 15.4. The average Bonchev–Trinajstić information content (AvgIpc) is 2.56. The van der Waals surface area contributed by atoms with Gasteiger partial charge in [0.15, 0.2) is 0 Å². The molecule has 3 rings (SSSR count). The number of hydrogen-bond donors (Lipinski definition) is 0. The zero-order valence-corrected chi connectivity index (χ0v) is 12.8. The molecule has 2 aromatic rings. The first-order chi connectivity index (χ1) is 10.7. The normalized spacial score (nSPS) is 15.8. The lowest BCUT2D eigenvalue weighted by atomic mass is 9.90. The van der Waals surface area contributed by atoms with Crippen LogP contribution < -0.4 is 9.64 Å². The summed E-state index contributed by atoms with van der Waals surface area (Å²) in [6, 6.07) is 13.3. The van der Waals surface area contributed by atoms with Crippen LogP contribution in [0.1, 0.15) is 18.4 Å². The Balaban J connectivity index is 1.57. The van der Waals surface area contributed by atoms with Gasteiger partial charge < -0.3 is 9.64 Å². The molecule has 0 radical (unpaired) electrons. The van der Waals surface area contributed by atoms with Gasteiger partial charge in [-0.15, -0.1) is 0 Å². The minimum atomic E-state index is -0.406. The summed E-state index contributed by atoms with van der Waals surface area (Å²) in [7, 11) is 1.70. The minimum Gasteiger partial charge on any atom is -0.497 e. The molecule has 0 atom stereocenters. The van der Waals surface area contributed by atoms with Crippen molar-refractivity contribution >= 4 is 5.82 Å². The second-order valence-electron chi connectivity index (χ2n) is 5.80. The number of halogens is 1. The molecule has 1 saturated heterocycles. The van der Waals surface area contributed by atoms with E-state index in [0.29, 0.717) is 5.92 Å². The van der Waals surface area contributed by atoms with Crippen molar-refractivity contribution in [2.45, 2.75) is 19.3 Å². The van der Waals surface area contributed by atoms with Gasteiger partial charge in [-0.3, -0.25) is 0 Å². The highest BCUT2D eigenvalue weighted by Gasteiger charge is 2.20. The van der Waals surface area contributed by atoms with E-state index in [-0.39, 0.29) is 0 Å². The molecule has 1 fully saturated rings. The largest absolute Gasteiger partial charge is 0.497 e. The van der Waals surface area contributed by atoms with Gasteiger partial charge in [0, 0.05) is 13.1 Å². The lowest BCUT2D eigenvalue weighted by Crippen LogP contribution is -2.34. The van der Waals surface area contributed by atoms with Crippen molar-refractivity contribution < 1.29 is 9.13 Å². The van der Waals surface area contributed by atoms with Gasteiger partial charge in [-0.2, -0.15) is 4.39 Å². The predicted octanol–water partition coefficient (Wildman–Crippen LogP) is 3.69. The molecule has 22 heavy (non-hydrogen) atoms. The Morgan fingerprint density at radius 2 is 1.95 bits per heavy atom. The Kier molecular flexibility index (Phi) is 4.56. The predicted molar refractivity (Wildman–Crippen MR) is 85.8 cm³/mol. The van der Waals surface area contributed by atoms with Crippen molar-refractivity contribution in [3.8, 4) is 5.75 Å². The smallest absolute Gasteiger partial charge is 0.214 e. The van der Waals surface area contributed by atoms with Crippen LogP contribution in [0.15, 0.2) is 42.5 Å². The van der Waals surface area contributed by atoms with Crippen LogP contribution in [0.5, 0.6) is 5.75 Å². The molecular weight excluding hydrogens is 279 g/mol. The van der Waals surface area contributed by atoms with Crippen LogP contribution in [-0.4, -0.2) is 25.2 Å². The molecule has 0 bridgehead atoms. The second kappa shape index (κ2) is 6.77. The summed E-state index contributed by atoms with van der Waals surface area (Å²) in [6.45, 7) is 1.87. The lowest BCUT2D eigenvalue weighted by molar-refractivity contribution is 0.397. The molecule has 1 aromatic heterocycles. The quantitative estimate of drug-likeness (QED) is 0.805. The van der Waals surface area contributed by atoms with E-state index in [2.05, 4.69) is 22.0 Å². The molecule has 0 spiro atoms. The summed E-state index contributed by atoms with van der Waals surface area (Å²) in [6.07, 6.45) is 3.28. The number of pyridine rings is 1. The van der Waals surface area contributed by atoms with Crippen LogP contribution in [0.3, 0.4) is 0 Å². The highest BCUT2D eigenvalue weighted by atomic mass is 19.1. The second-order valence-corrected chi connectivity index (χ2v) is 5.80. The Morgan fingerprint density at radius 1 is 1.18 bits per heavy atom. The van der Waals surface area contributed by atoms with E-state index in [1.54, 1.807) is 13.2 Å². The lowest BCUT2D eigenvalue weighted by Gasteiger charge is -2.32. The van der Waals surface area contributed by atoms with Crippen LogP contribution in [0.2, 0.25) is 0 Å². The van der Waals surface area contributed by atoms with Gasteiger partial charge in [-0.25, -0.2) is 4.98 Å². The maximum atomic E-state index is 13.2.